The fourth-order valence-electron chi connectivity index (χ4n) is 2.91. The molecule has 1 unspecified atom stereocenters. The maximum Gasteiger partial charge on any atom is 0.120 e. The molecule has 4 heteroatoms. The van der Waals surface area contributed by atoms with Crippen LogP contribution < -0.4 is 0 Å². The van der Waals surface area contributed by atoms with Crippen LogP contribution in [0.3, 0.4) is 0 Å². The fourth-order valence-corrected chi connectivity index (χ4v) is 2.91. The third kappa shape index (κ3) is 1.71. The minimum Gasteiger partial charge on any atom is -0.411 e. The van der Waals surface area contributed by atoms with E-state index in [1.807, 2.05) is 35.9 Å². The third-order valence-corrected chi connectivity index (χ3v) is 4.05. The van der Waals surface area contributed by atoms with Gasteiger partial charge in [0.15, 0.2) is 0 Å². The largest absolute Gasteiger partial charge is 0.411 e. The minimum absolute atomic E-state index is 0.353. The lowest BCUT2D eigenvalue weighted by Crippen LogP contribution is -1.97. The predicted molar refractivity (Wildman–Crippen MR) is 76.9 cm³/mol. The van der Waals surface area contributed by atoms with Crippen LogP contribution in [0.4, 0.5) is 0 Å². The summed E-state index contributed by atoms with van der Waals surface area (Å²) >= 11 is 0. The first-order valence-electron chi connectivity index (χ1n) is 6.57. The summed E-state index contributed by atoms with van der Waals surface area (Å²) in [6.45, 7) is 2.13. The van der Waals surface area contributed by atoms with Gasteiger partial charge < -0.3 is 9.77 Å². The normalized spacial score (nSPS) is 19.1. The Morgan fingerprint density at radius 3 is 2.80 bits per heavy atom. The Hall–Kier alpha value is -2.54. The van der Waals surface area contributed by atoms with Gasteiger partial charge in [0.05, 0.1) is 5.71 Å². The van der Waals surface area contributed by atoms with E-state index in [1.165, 1.54) is 5.56 Å². The summed E-state index contributed by atoms with van der Waals surface area (Å²) in [6, 6.07) is 12.1. The van der Waals surface area contributed by atoms with Crippen molar-refractivity contribution in [2.24, 2.45) is 12.2 Å². The van der Waals surface area contributed by atoms with Crippen LogP contribution in [0, 0.1) is 11.3 Å². The third-order valence-electron chi connectivity index (χ3n) is 4.05. The van der Waals surface area contributed by atoms with E-state index in [-0.39, 0.29) is 0 Å². The zero-order valence-electron chi connectivity index (χ0n) is 11.5. The molecule has 0 aliphatic heterocycles. The SMILES string of the molecule is CC1C/C(=N\O)c2ccc(-c3ccc(C#N)n3C)cc21. The van der Waals surface area contributed by atoms with Gasteiger partial charge >= 0.3 is 0 Å². The molecule has 1 aliphatic rings. The van der Waals surface area contributed by atoms with Gasteiger partial charge in [-0.15, -0.1) is 0 Å². The Morgan fingerprint density at radius 1 is 1.35 bits per heavy atom. The van der Waals surface area contributed by atoms with Crippen LogP contribution >= 0.6 is 0 Å². The highest BCUT2D eigenvalue weighted by atomic mass is 16.4. The summed E-state index contributed by atoms with van der Waals surface area (Å²) in [5, 5.41) is 21.5. The summed E-state index contributed by atoms with van der Waals surface area (Å²) in [5.41, 5.74) is 5.73. The average molecular weight is 265 g/mol. The second-order valence-corrected chi connectivity index (χ2v) is 5.23. The van der Waals surface area contributed by atoms with Gasteiger partial charge in [-0.1, -0.05) is 24.2 Å². The van der Waals surface area contributed by atoms with E-state index in [0.717, 1.165) is 29.0 Å². The maximum atomic E-state index is 9.04. The molecule has 100 valence electrons. The van der Waals surface area contributed by atoms with Crippen molar-refractivity contribution >= 4 is 5.71 Å². The van der Waals surface area contributed by atoms with Gasteiger partial charge in [-0.3, -0.25) is 0 Å². The number of hydrogen-bond acceptors (Lipinski definition) is 3. The second-order valence-electron chi connectivity index (χ2n) is 5.23. The minimum atomic E-state index is 0.353. The number of oxime groups is 1. The van der Waals surface area contributed by atoms with Crippen molar-refractivity contribution in [2.45, 2.75) is 19.3 Å². The van der Waals surface area contributed by atoms with E-state index in [2.05, 4.69) is 24.2 Å². The molecule has 4 nitrogen and oxygen atoms in total. The summed E-state index contributed by atoms with van der Waals surface area (Å²) in [5.74, 6) is 0.353. The highest BCUT2D eigenvalue weighted by molar-refractivity contribution is 6.05. The van der Waals surface area contributed by atoms with Crippen molar-refractivity contribution in [3.05, 3.63) is 47.2 Å². The smallest absolute Gasteiger partial charge is 0.120 e. The number of nitrogens with zero attached hydrogens (tertiary/aromatic N) is 3. The van der Waals surface area contributed by atoms with Gasteiger partial charge in [0.2, 0.25) is 0 Å². The van der Waals surface area contributed by atoms with E-state index >= 15 is 0 Å². The van der Waals surface area contributed by atoms with Crippen molar-refractivity contribution in [1.82, 2.24) is 4.57 Å². The molecule has 0 saturated heterocycles. The Bertz CT molecular complexity index is 750. The molecule has 1 atom stereocenters. The molecule has 0 fully saturated rings. The topological polar surface area (TPSA) is 61.3 Å². The Labute approximate surface area is 117 Å². The van der Waals surface area contributed by atoms with Gasteiger partial charge in [0, 0.05) is 24.7 Å². The van der Waals surface area contributed by atoms with Crippen LogP contribution in [-0.2, 0) is 7.05 Å². The van der Waals surface area contributed by atoms with Crippen molar-refractivity contribution in [2.75, 3.05) is 0 Å². The molecule has 1 aromatic carbocycles. The Morgan fingerprint density at radius 2 is 2.15 bits per heavy atom. The molecule has 0 amide bonds. The van der Waals surface area contributed by atoms with E-state index in [9.17, 15) is 0 Å². The van der Waals surface area contributed by atoms with Crippen molar-refractivity contribution in [3.8, 4) is 17.3 Å². The Balaban J connectivity index is 2.12. The first kappa shape index (κ1) is 12.5. The number of hydrogen-bond donors (Lipinski definition) is 1. The van der Waals surface area contributed by atoms with Crippen LogP contribution in [0.2, 0.25) is 0 Å². The first-order valence-corrected chi connectivity index (χ1v) is 6.57. The summed E-state index contributed by atoms with van der Waals surface area (Å²) in [6.07, 6.45) is 0.770. The lowest BCUT2D eigenvalue weighted by atomic mass is 9.99. The van der Waals surface area contributed by atoms with E-state index < -0.39 is 0 Å². The van der Waals surface area contributed by atoms with Gasteiger partial charge in [0.25, 0.3) is 0 Å². The standard InChI is InChI=1S/C16H15N3O/c1-10-7-15(18-20)13-5-3-11(8-14(10)13)16-6-4-12(9-17)19(16)2/h3-6,8,10,20H,7H2,1-2H3/b18-15+. The molecule has 0 saturated carbocycles. The monoisotopic (exact) mass is 265 g/mol. The zero-order valence-corrected chi connectivity index (χ0v) is 11.5. The number of nitriles is 1. The molecule has 1 N–H and O–H groups in total. The van der Waals surface area contributed by atoms with Crippen LogP contribution in [0.25, 0.3) is 11.3 Å². The molecule has 0 radical (unpaired) electrons. The number of rotatable bonds is 1. The van der Waals surface area contributed by atoms with E-state index in [0.29, 0.717) is 11.6 Å². The van der Waals surface area contributed by atoms with Crippen LogP contribution in [0.5, 0.6) is 0 Å². The lowest BCUT2D eigenvalue weighted by molar-refractivity contribution is 0.318. The van der Waals surface area contributed by atoms with Gasteiger partial charge in [0.1, 0.15) is 11.8 Å². The molecule has 2 aromatic rings. The average Bonchev–Trinajstić information content (AvgIpc) is 2.99. The molecular weight excluding hydrogens is 250 g/mol. The maximum absolute atomic E-state index is 9.04. The highest BCUT2D eigenvalue weighted by Crippen LogP contribution is 2.36. The molecule has 1 aromatic heterocycles. The van der Waals surface area contributed by atoms with Gasteiger partial charge in [-0.25, -0.2) is 0 Å². The number of aromatic nitrogens is 1. The summed E-state index contributed by atoms with van der Waals surface area (Å²) < 4.78 is 1.89. The van der Waals surface area contributed by atoms with E-state index in [1.54, 1.807) is 0 Å². The fraction of sp³-hybridized carbons (Fsp3) is 0.250. The molecule has 1 heterocycles. The van der Waals surface area contributed by atoms with Crippen molar-refractivity contribution in [3.63, 3.8) is 0 Å². The summed E-state index contributed by atoms with van der Waals surface area (Å²) in [4.78, 5) is 0. The number of fused-ring (bicyclic) bond motifs is 1. The Kier molecular flexibility index (Phi) is 2.83. The first-order chi connectivity index (χ1) is 9.65. The van der Waals surface area contributed by atoms with Crippen molar-refractivity contribution < 1.29 is 5.21 Å². The summed E-state index contributed by atoms with van der Waals surface area (Å²) in [7, 11) is 1.89. The number of benzene rings is 1. The van der Waals surface area contributed by atoms with Gasteiger partial charge in [-0.2, -0.15) is 5.26 Å². The molecule has 0 bridgehead atoms. The lowest BCUT2D eigenvalue weighted by Gasteiger charge is -2.09. The van der Waals surface area contributed by atoms with E-state index in [4.69, 9.17) is 10.5 Å². The molecule has 3 rings (SSSR count). The molecule has 0 spiro atoms. The molecule has 20 heavy (non-hydrogen) atoms. The highest BCUT2D eigenvalue weighted by Gasteiger charge is 2.25. The van der Waals surface area contributed by atoms with Crippen LogP contribution in [-0.4, -0.2) is 15.5 Å². The second kappa shape index (κ2) is 4.53. The van der Waals surface area contributed by atoms with Gasteiger partial charge in [-0.05, 0) is 35.2 Å². The molecular formula is C16H15N3O. The van der Waals surface area contributed by atoms with Crippen LogP contribution in [0.1, 0.15) is 36.1 Å². The predicted octanol–water partition coefficient (Wildman–Crippen LogP) is 3.25. The van der Waals surface area contributed by atoms with Crippen LogP contribution in [0.15, 0.2) is 35.5 Å². The van der Waals surface area contributed by atoms with Crippen molar-refractivity contribution in [1.29, 1.82) is 5.26 Å². The quantitative estimate of drug-likeness (QED) is 0.635. The molecule has 1 aliphatic carbocycles. The zero-order chi connectivity index (χ0) is 14.3.